The van der Waals surface area contributed by atoms with Gasteiger partial charge in [0.1, 0.15) is 5.82 Å². The predicted molar refractivity (Wildman–Crippen MR) is 105 cm³/mol. The summed E-state index contributed by atoms with van der Waals surface area (Å²) in [5, 5.41) is 4.10. The van der Waals surface area contributed by atoms with Gasteiger partial charge in [-0.2, -0.15) is 10.1 Å². The van der Waals surface area contributed by atoms with Gasteiger partial charge >= 0.3 is 0 Å². The Bertz CT molecular complexity index is 884. The van der Waals surface area contributed by atoms with Gasteiger partial charge in [0, 0.05) is 38.1 Å². The molecule has 3 rings (SSSR count). The second kappa shape index (κ2) is 7.43. The van der Waals surface area contributed by atoms with E-state index >= 15 is 0 Å². The zero-order valence-corrected chi connectivity index (χ0v) is 16.9. The van der Waals surface area contributed by atoms with Gasteiger partial charge in [0.25, 0.3) is 0 Å². The third-order valence-electron chi connectivity index (χ3n) is 4.71. The van der Waals surface area contributed by atoms with Crippen molar-refractivity contribution in [1.82, 2.24) is 19.7 Å². The number of nitrogens with zero attached hydrogens (tertiary/aromatic N) is 6. The quantitative estimate of drug-likeness (QED) is 0.790. The normalized spacial score (nSPS) is 17.1. The molecule has 0 aliphatic carbocycles. The molecule has 10 heteroatoms. The van der Waals surface area contributed by atoms with Crippen LogP contribution in [0.4, 0.5) is 17.5 Å². The van der Waals surface area contributed by atoms with Crippen LogP contribution in [-0.4, -0.2) is 52.5 Å². The Morgan fingerprint density at radius 1 is 1.33 bits per heavy atom. The second-order valence-corrected chi connectivity index (χ2v) is 9.25. The minimum Gasteiger partial charge on any atom is -0.356 e. The molecular formula is C17H27N7O2S. The average molecular weight is 394 g/mol. The lowest BCUT2D eigenvalue weighted by Crippen LogP contribution is -2.48. The van der Waals surface area contributed by atoms with Gasteiger partial charge in [-0.1, -0.05) is 6.92 Å². The molecule has 2 aromatic rings. The molecule has 1 fully saturated rings. The maximum atomic E-state index is 12.9. The fourth-order valence-corrected chi connectivity index (χ4v) is 4.57. The lowest BCUT2D eigenvalue weighted by Gasteiger charge is -2.37. The Labute approximate surface area is 160 Å². The Hall–Kier alpha value is -2.20. The van der Waals surface area contributed by atoms with Crippen LogP contribution in [0.25, 0.3) is 0 Å². The van der Waals surface area contributed by atoms with Crippen LogP contribution >= 0.6 is 0 Å². The first-order valence-electron chi connectivity index (χ1n) is 9.10. The van der Waals surface area contributed by atoms with Crippen LogP contribution < -0.4 is 14.9 Å². The molecular weight excluding hydrogens is 366 g/mol. The predicted octanol–water partition coefficient (Wildman–Crippen LogP) is 1.41. The molecule has 0 bridgehead atoms. The number of piperidine rings is 1. The van der Waals surface area contributed by atoms with E-state index < -0.39 is 10.0 Å². The number of aryl methyl sites for hydroxylation is 1. The number of aromatic nitrogens is 4. The topological polar surface area (TPSA) is 110 Å². The summed E-state index contributed by atoms with van der Waals surface area (Å²) in [6, 6.07) is 1.80. The number of hydrogen-bond donors (Lipinski definition) is 1. The maximum Gasteiger partial charge on any atom is 0.246 e. The molecule has 0 saturated carbocycles. The highest BCUT2D eigenvalue weighted by atomic mass is 32.2. The van der Waals surface area contributed by atoms with Crippen LogP contribution in [-0.2, 0) is 17.1 Å². The van der Waals surface area contributed by atoms with Crippen molar-refractivity contribution in [2.75, 3.05) is 28.0 Å². The molecule has 2 N–H and O–H groups in total. The second-order valence-electron chi connectivity index (χ2n) is 7.31. The van der Waals surface area contributed by atoms with Crippen molar-refractivity contribution in [2.45, 2.75) is 38.6 Å². The van der Waals surface area contributed by atoms with Crippen LogP contribution in [0.15, 0.2) is 24.7 Å². The zero-order chi connectivity index (χ0) is 19.7. The van der Waals surface area contributed by atoms with Crippen molar-refractivity contribution < 1.29 is 8.42 Å². The highest BCUT2D eigenvalue weighted by Crippen LogP contribution is 2.29. The van der Waals surface area contributed by atoms with E-state index in [1.807, 2.05) is 6.92 Å². The van der Waals surface area contributed by atoms with E-state index in [1.165, 1.54) is 10.5 Å². The fraction of sp³-hybridized carbons (Fsp3) is 0.588. The average Bonchev–Trinajstić information content (AvgIpc) is 3.00. The molecule has 1 aliphatic heterocycles. The molecule has 2 aromatic heterocycles. The maximum absolute atomic E-state index is 12.9. The van der Waals surface area contributed by atoms with Gasteiger partial charge in [0.15, 0.2) is 0 Å². The summed E-state index contributed by atoms with van der Waals surface area (Å²) in [5.74, 6) is 0.844. The van der Waals surface area contributed by atoms with Crippen LogP contribution in [0.1, 0.15) is 33.1 Å². The Morgan fingerprint density at radius 2 is 2.04 bits per heavy atom. The minimum absolute atomic E-state index is 0.00469. The van der Waals surface area contributed by atoms with Crippen molar-refractivity contribution >= 4 is 27.5 Å². The highest BCUT2D eigenvalue weighted by Gasteiger charge is 2.30. The molecule has 0 amide bonds. The van der Waals surface area contributed by atoms with Crippen molar-refractivity contribution in [3.8, 4) is 0 Å². The first kappa shape index (κ1) is 19.6. The Balaban J connectivity index is 1.96. The summed E-state index contributed by atoms with van der Waals surface area (Å²) >= 11 is 0. The molecule has 0 radical (unpaired) electrons. The first-order valence-corrected chi connectivity index (χ1v) is 10.7. The van der Waals surface area contributed by atoms with Crippen LogP contribution in [0.2, 0.25) is 0 Å². The van der Waals surface area contributed by atoms with E-state index in [0.29, 0.717) is 17.9 Å². The molecule has 1 aliphatic rings. The van der Waals surface area contributed by atoms with Gasteiger partial charge in [-0.3, -0.25) is 4.68 Å². The highest BCUT2D eigenvalue weighted by molar-refractivity contribution is 7.93. The summed E-state index contributed by atoms with van der Waals surface area (Å²) in [7, 11) is -1.88. The third-order valence-corrected chi connectivity index (χ3v) is 6.56. The SMILES string of the molecule is CCCS(=O)(=O)N(c1cnn(C)c1)c1nccc(N2CCC(C)(N)CC2)n1. The van der Waals surface area contributed by atoms with Crippen LogP contribution in [0.3, 0.4) is 0 Å². The summed E-state index contributed by atoms with van der Waals surface area (Å²) in [6.45, 7) is 5.43. The number of rotatable bonds is 6. The van der Waals surface area contributed by atoms with Gasteiger partial charge in [-0.05, 0) is 32.3 Å². The fourth-order valence-electron chi connectivity index (χ4n) is 3.12. The van der Waals surface area contributed by atoms with Crippen molar-refractivity contribution in [1.29, 1.82) is 0 Å². The molecule has 0 atom stereocenters. The molecule has 0 unspecified atom stereocenters. The van der Waals surface area contributed by atoms with E-state index in [9.17, 15) is 8.42 Å². The number of sulfonamides is 1. The monoisotopic (exact) mass is 393 g/mol. The zero-order valence-electron chi connectivity index (χ0n) is 16.0. The van der Waals surface area contributed by atoms with Gasteiger partial charge in [0.2, 0.25) is 16.0 Å². The smallest absolute Gasteiger partial charge is 0.246 e. The molecule has 3 heterocycles. The Kier molecular flexibility index (Phi) is 5.38. The van der Waals surface area contributed by atoms with Gasteiger partial charge in [0.05, 0.1) is 17.6 Å². The van der Waals surface area contributed by atoms with Crippen LogP contribution in [0, 0.1) is 0 Å². The molecule has 148 valence electrons. The lowest BCUT2D eigenvalue weighted by molar-refractivity contribution is 0.363. The molecule has 0 aromatic carbocycles. The summed E-state index contributed by atoms with van der Waals surface area (Å²) in [6.07, 6.45) is 6.95. The van der Waals surface area contributed by atoms with Gasteiger partial charge < -0.3 is 10.6 Å². The minimum atomic E-state index is -3.61. The van der Waals surface area contributed by atoms with Gasteiger partial charge in [-0.25, -0.2) is 17.7 Å². The largest absolute Gasteiger partial charge is 0.356 e. The van der Waals surface area contributed by atoms with E-state index in [0.717, 1.165) is 25.9 Å². The number of hydrogen-bond acceptors (Lipinski definition) is 7. The molecule has 9 nitrogen and oxygen atoms in total. The number of nitrogens with two attached hydrogens (primary N) is 1. The van der Waals surface area contributed by atoms with E-state index in [1.54, 1.807) is 30.2 Å². The molecule has 1 saturated heterocycles. The van der Waals surface area contributed by atoms with Crippen molar-refractivity contribution in [3.05, 3.63) is 24.7 Å². The van der Waals surface area contributed by atoms with Crippen molar-refractivity contribution in [3.63, 3.8) is 0 Å². The van der Waals surface area contributed by atoms with E-state index in [-0.39, 0.29) is 17.2 Å². The first-order chi connectivity index (χ1) is 12.7. The summed E-state index contributed by atoms with van der Waals surface area (Å²) in [5.41, 5.74) is 6.47. The van der Waals surface area contributed by atoms with Crippen LogP contribution in [0.5, 0.6) is 0 Å². The number of anilines is 3. The molecule has 27 heavy (non-hydrogen) atoms. The van der Waals surface area contributed by atoms with Crippen molar-refractivity contribution in [2.24, 2.45) is 12.8 Å². The molecule has 0 spiro atoms. The lowest BCUT2D eigenvalue weighted by atomic mass is 9.91. The Morgan fingerprint density at radius 3 is 2.63 bits per heavy atom. The standard InChI is InChI=1S/C17H27N7O2S/c1-4-11-27(25,26)24(14-12-20-22(3)13-14)16-19-8-5-15(21-16)23-9-6-17(2,18)7-10-23/h5,8,12-13H,4,6-7,9-11,18H2,1-3H3. The summed E-state index contributed by atoms with van der Waals surface area (Å²) in [4.78, 5) is 10.9. The van der Waals surface area contributed by atoms with E-state index in [2.05, 4.69) is 26.9 Å². The van der Waals surface area contributed by atoms with E-state index in [4.69, 9.17) is 5.73 Å². The summed E-state index contributed by atoms with van der Waals surface area (Å²) < 4.78 is 28.5. The third kappa shape index (κ3) is 4.38. The van der Waals surface area contributed by atoms with Gasteiger partial charge in [-0.15, -0.1) is 0 Å².